The molecule has 0 atom stereocenters. The third-order valence-electron chi connectivity index (χ3n) is 2.59. The number of aliphatic imine (C=N–C) groups is 1. The molecule has 0 aliphatic rings. The summed E-state index contributed by atoms with van der Waals surface area (Å²) >= 11 is 0. The van der Waals surface area contributed by atoms with Crippen LogP contribution in [0.4, 0.5) is 4.39 Å². The number of methoxy groups -OCH3 is 1. The number of benzene rings is 1. The van der Waals surface area contributed by atoms with Crippen LogP contribution < -0.4 is 11.3 Å². The molecule has 1 aromatic rings. The van der Waals surface area contributed by atoms with Gasteiger partial charge >= 0.3 is 0 Å². The molecule has 0 saturated heterocycles. The fourth-order valence-electron chi connectivity index (χ4n) is 1.61. The first-order valence-electron chi connectivity index (χ1n) is 6.13. The van der Waals surface area contributed by atoms with Gasteiger partial charge in [0.2, 0.25) is 5.96 Å². The molecule has 0 spiro atoms. The second-order valence-corrected chi connectivity index (χ2v) is 4.18. The zero-order valence-corrected chi connectivity index (χ0v) is 11.4. The normalized spacial score (nSPS) is 11.5. The largest absolute Gasteiger partial charge is 0.385 e. The lowest BCUT2D eigenvalue weighted by Crippen LogP contribution is -2.42. The van der Waals surface area contributed by atoms with Crippen molar-refractivity contribution in [1.82, 2.24) is 10.3 Å². The summed E-state index contributed by atoms with van der Waals surface area (Å²) in [5, 5.41) is 0. The van der Waals surface area contributed by atoms with Gasteiger partial charge < -0.3 is 9.64 Å². The van der Waals surface area contributed by atoms with E-state index in [1.807, 2.05) is 11.9 Å². The maximum atomic E-state index is 12.8. The second kappa shape index (κ2) is 8.44. The highest BCUT2D eigenvalue weighted by molar-refractivity contribution is 5.79. The lowest BCUT2D eigenvalue weighted by molar-refractivity contribution is 0.197. The molecular weight excluding hydrogens is 247 g/mol. The number of hydrogen-bond donors (Lipinski definition) is 2. The van der Waals surface area contributed by atoms with Crippen LogP contribution in [0.25, 0.3) is 0 Å². The number of nitrogens with one attached hydrogen (secondary N) is 1. The van der Waals surface area contributed by atoms with Crippen LogP contribution in [0, 0.1) is 5.82 Å². The van der Waals surface area contributed by atoms with Gasteiger partial charge in [0.1, 0.15) is 5.82 Å². The van der Waals surface area contributed by atoms with E-state index in [0.29, 0.717) is 25.7 Å². The Labute approximate surface area is 113 Å². The van der Waals surface area contributed by atoms with Gasteiger partial charge in [-0.05, 0) is 24.1 Å². The second-order valence-electron chi connectivity index (χ2n) is 4.18. The predicted molar refractivity (Wildman–Crippen MR) is 74.0 cm³/mol. The number of halogens is 1. The van der Waals surface area contributed by atoms with E-state index in [9.17, 15) is 4.39 Å². The van der Waals surface area contributed by atoms with Gasteiger partial charge in [-0.15, -0.1) is 0 Å². The van der Waals surface area contributed by atoms with Crippen molar-refractivity contribution in [3.8, 4) is 0 Å². The number of ether oxygens (including phenoxy) is 1. The standard InChI is InChI=1S/C13H21FN4O/c1-18(10-11-4-6-12(14)7-5-11)13(17-15)16-8-3-9-19-2/h4-7H,3,8-10,15H2,1-2H3,(H,16,17). The van der Waals surface area contributed by atoms with Crippen molar-refractivity contribution in [2.45, 2.75) is 13.0 Å². The van der Waals surface area contributed by atoms with Crippen LogP contribution in [-0.2, 0) is 11.3 Å². The average Bonchev–Trinajstić information content (AvgIpc) is 2.41. The molecule has 0 aliphatic carbocycles. The summed E-state index contributed by atoms with van der Waals surface area (Å²) in [6.07, 6.45) is 0.839. The van der Waals surface area contributed by atoms with Gasteiger partial charge in [0, 0.05) is 33.9 Å². The van der Waals surface area contributed by atoms with Crippen LogP contribution >= 0.6 is 0 Å². The van der Waals surface area contributed by atoms with Crippen LogP contribution in [0.2, 0.25) is 0 Å². The van der Waals surface area contributed by atoms with Crippen LogP contribution in [0.15, 0.2) is 29.3 Å². The Morgan fingerprint density at radius 3 is 2.68 bits per heavy atom. The SMILES string of the molecule is COCCCN=C(NN)N(C)Cc1ccc(F)cc1. The summed E-state index contributed by atoms with van der Waals surface area (Å²) in [5.74, 6) is 5.81. The molecule has 0 saturated carbocycles. The highest BCUT2D eigenvalue weighted by atomic mass is 19.1. The average molecular weight is 268 g/mol. The van der Waals surface area contributed by atoms with Crippen molar-refractivity contribution >= 4 is 5.96 Å². The minimum absolute atomic E-state index is 0.239. The molecule has 5 nitrogen and oxygen atoms in total. The van der Waals surface area contributed by atoms with Gasteiger partial charge in [-0.1, -0.05) is 12.1 Å². The van der Waals surface area contributed by atoms with Crippen molar-refractivity contribution < 1.29 is 9.13 Å². The summed E-state index contributed by atoms with van der Waals surface area (Å²) in [4.78, 5) is 6.22. The molecule has 0 aliphatic heterocycles. The Morgan fingerprint density at radius 2 is 2.11 bits per heavy atom. The minimum atomic E-state index is -0.239. The first kappa shape index (κ1) is 15.4. The number of hydrazine groups is 1. The Balaban J connectivity index is 2.53. The van der Waals surface area contributed by atoms with E-state index < -0.39 is 0 Å². The monoisotopic (exact) mass is 268 g/mol. The molecule has 0 bridgehead atoms. The highest BCUT2D eigenvalue weighted by Gasteiger charge is 2.05. The van der Waals surface area contributed by atoms with Crippen LogP contribution in [0.3, 0.4) is 0 Å². The summed E-state index contributed by atoms with van der Waals surface area (Å²) < 4.78 is 17.8. The first-order chi connectivity index (χ1) is 9.17. The van der Waals surface area contributed by atoms with Gasteiger partial charge in [-0.25, -0.2) is 10.2 Å². The Bertz CT molecular complexity index is 394. The third-order valence-corrected chi connectivity index (χ3v) is 2.59. The molecule has 1 aromatic carbocycles. The van der Waals surface area contributed by atoms with E-state index in [-0.39, 0.29) is 5.82 Å². The molecule has 0 fully saturated rings. The summed E-state index contributed by atoms with van der Waals surface area (Å²) in [7, 11) is 3.53. The quantitative estimate of drug-likeness (QED) is 0.267. The van der Waals surface area contributed by atoms with E-state index >= 15 is 0 Å². The van der Waals surface area contributed by atoms with Crippen molar-refractivity contribution in [1.29, 1.82) is 0 Å². The van der Waals surface area contributed by atoms with Crippen LogP contribution in [0.1, 0.15) is 12.0 Å². The molecule has 0 radical (unpaired) electrons. The molecule has 0 unspecified atom stereocenters. The molecule has 3 N–H and O–H groups in total. The Kier molecular flexibility index (Phi) is 6.84. The van der Waals surface area contributed by atoms with Crippen molar-refractivity contribution in [3.05, 3.63) is 35.6 Å². The maximum Gasteiger partial charge on any atom is 0.208 e. The van der Waals surface area contributed by atoms with Crippen molar-refractivity contribution in [3.63, 3.8) is 0 Å². The molecule has 0 aromatic heterocycles. The first-order valence-corrected chi connectivity index (χ1v) is 6.13. The van der Waals surface area contributed by atoms with E-state index in [1.165, 1.54) is 12.1 Å². The van der Waals surface area contributed by atoms with Gasteiger partial charge in [-0.3, -0.25) is 10.4 Å². The fourth-order valence-corrected chi connectivity index (χ4v) is 1.61. The topological polar surface area (TPSA) is 62.9 Å². The predicted octanol–water partition coefficient (Wildman–Crippen LogP) is 1.11. The molecular formula is C13H21FN4O. The number of hydrogen-bond acceptors (Lipinski definition) is 3. The Morgan fingerprint density at radius 1 is 1.42 bits per heavy atom. The summed E-state index contributed by atoms with van der Waals surface area (Å²) in [6, 6.07) is 6.36. The maximum absolute atomic E-state index is 12.8. The van der Waals surface area contributed by atoms with Gasteiger partial charge in [0.25, 0.3) is 0 Å². The molecule has 106 valence electrons. The van der Waals surface area contributed by atoms with E-state index in [2.05, 4.69) is 10.4 Å². The van der Waals surface area contributed by atoms with E-state index in [4.69, 9.17) is 10.6 Å². The zero-order valence-electron chi connectivity index (χ0n) is 11.4. The van der Waals surface area contributed by atoms with Gasteiger partial charge in [-0.2, -0.15) is 0 Å². The number of rotatable bonds is 6. The number of nitrogens with two attached hydrogens (primary N) is 1. The smallest absolute Gasteiger partial charge is 0.208 e. The molecule has 0 heterocycles. The molecule has 6 heteroatoms. The third kappa shape index (κ3) is 5.67. The van der Waals surface area contributed by atoms with E-state index in [0.717, 1.165) is 12.0 Å². The van der Waals surface area contributed by atoms with E-state index in [1.54, 1.807) is 19.2 Å². The van der Waals surface area contributed by atoms with Crippen LogP contribution in [-0.4, -0.2) is 38.2 Å². The lowest BCUT2D eigenvalue weighted by Gasteiger charge is -2.20. The van der Waals surface area contributed by atoms with Gasteiger partial charge in [0.05, 0.1) is 0 Å². The number of guanidine groups is 1. The van der Waals surface area contributed by atoms with Gasteiger partial charge in [0.15, 0.2) is 0 Å². The minimum Gasteiger partial charge on any atom is -0.385 e. The summed E-state index contributed by atoms with van der Waals surface area (Å²) in [6.45, 7) is 1.91. The zero-order chi connectivity index (χ0) is 14.1. The van der Waals surface area contributed by atoms with Crippen LogP contribution in [0.5, 0.6) is 0 Å². The lowest BCUT2D eigenvalue weighted by atomic mass is 10.2. The van der Waals surface area contributed by atoms with Crippen molar-refractivity contribution in [2.75, 3.05) is 27.3 Å². The molecule has 1 rings (SSSR count). The van der Waals surface area contributed by atoms with Crippen molar-refractivity contribution in [2.24, 2.45) is 10.8 Å². The highest BCUT2D eigenvalue weighted by Crippen LogP contribution is 2.05. The Hall–Kier alpha value is -1.66. The molecule has 19 heavy (non-hydrogen) atoms. The fraction of sp³-hybridized carbons (Fsp3) is 0.462. The summed E-state index contributed by atoms with van der Waals surface area (Å²) in [5.41, 5.74) is 3.56. The molecule has 0 amide bonds. The number of nitrogens with zero attached hydrogens (tertiary/aromatic N) is 2.